The second-order valence-corrected chi connectivity index (χ2v) is 12.2. The van der Waals surface area contributed by atoms with Gasteiger partial charge in [0.1, 0.15) is 0 Å². The quantitative estimate of drug-likeness (QED) is 0.0965. The second kappa shape index (κ2) is 20.4. The van der Waals surface area contributed by atoms with Gasteiger partial charge >= 0.3 is 21.7 Å². The maximum Gasteiger partial charge on any atom is 4.00 e. The Hall–Kier alpha value is -4.03. The molecule has 4 aromatic carbocycles. The Balaban J connectivity index is 0.000000184. The molecule has 0 amide bonds. The smallest absolute Gasteiger partial charge is 0.356 e. The van der Waals surface area contributed by atoms with Gasteiger partial charge in [0.15, 0.2) is 12.6 Å². The minimum absolute atomic E-state index is 0. The van der Waals surface area contributed by atoms with E-state index in [4.69, 9.17) is 18.9 Å². The number of nitrogens with zero attached hydrogens (tertiary/aromatic N) is 2. The van der Waals surface area contributed by atoms with Crippen molar-refractivity contribution in [3.8, 4) is 0 Å². The first-order valence-corrected chi connectivity index (χ1v) is 17.0. The van der Waals surface area contributed by atoms with E-state index in [-0.39, 0.29) is 34.3 Å². The van der Waals surface area contributed by atoms with E-state index < -0.39 is 23.3 Å². The summed E-state index contributed by atoms with van der Waals surface area (Å²) < 4.78 is 79.3. The van der Waals surface area contributed by atoms with Crippen LogP contribution in [0.4, 0.5) is 17.6 Å². The number of aromatic nitrogens is 2. The van der Waals surface area contributed by atoms with Crippen molar-refractivity contribution in [3.05, 3.63) is 177 Å². The first-order chi connectivity index (χ1) is 25.1. The molecule has 2 fully saturated rings. The predicted molar refractivity (Wildman–Crippen MR) is 190 cm³/mol. The molecule has 53 heavy (non-hydrogen) atoms. The van der Waals surface area contributed by atoms with Gasteiger partial charge in [0.25, 0.3) is 0 Å². The van der Waals surface area contributed by atoms with Crippen LogP contribution in [0.5, 0.6) is 0 Å². The van der Waals surface area contributed by atoms with Crippen molar-refractivity contribution >= 4 is 0 Å². The molecule has 8 rings (SSSR count). The number of aryl methyl sites for hydroxylation is 2. The summed E-state index contributed by atoms with van der Waals surface area (Å²) in [6, 6.07) is 33.4. The normalized spacial score (nSPS) is 14.0. The summed E-state index contributed by atoms with van der Waals surface area (Å²) in [7, 11) is 0. The molecule has 0 saturated carbocycles. The molecule has 2 saturated heterocycles. The molecule has 0 bridgehead atoms. The van der Waals surface area contributed by atoms with Gasteiger partial charge in [-0.1, -0.05) is 0 Å². The molecule has 0 atom stereocenters. The molecule has 0 unspecified atom stereocenters. The van der Waals surface area contributed by atoms with Crippen LogP contribution in [-0.2, 0) is 53.8 Å². The summed E-state index contributed by atoms with van der Waals surface area (Å²) in [4.78, 5) is 0. The molecule has 0 spiro atoms. The Morgan fingerprint density at radius 3 is 1.21 bits per heavy atom. The van der Waals surface area contributed by atoms with E-state index in [0.717, 1.165) is 33.9 Å². The average Bonchev–Trinajstić information content (AvgIpc) is 3.98. The Morgan fingerprint density at radius 1 is 0.585 bits per heavy atom. The summed E-state index contributed by atoms with van der Waals surface area (Å²) in [6.07, 6.45) is -0.704. The van der Waals surface area contributed by atoms with Crippen LogP contribution in [0.25, 0.3) is 0 Å². The second-order valence-electron chi connectivity index (χ2n) is 12.2. The molecule has 276 valence electrons. The first-order valence-electron chi connectivity index (χ1n) is 17.0. The zero-order valence-corrected chi connectivity index (χ0v) is 31.7. The number of hydrogen-bond donors (Lipinski definition) is 0. The van der Waals surface area contributed by atoms with Crippen LogP contribution in [0.15, 0.2) is 97.1 Å². The van der Waals surface area contributed by atoms with Gasteiger partial charge in [0, 0.05) is 70.3 Å². The molecule has 2 aliphatic heterocycles. The monoisotopic (exact) mass is 762 g/mol. The summed E-state index contributed by atoms with van der Waals surface area (Å²) in [5.74, 6) is -2.69. The molecule has 4 heterocycles. The number of rotatable bonds is 6. The standard InChI is InChI=1S/2C16H16F2NO2.2C5H5.Ti/c2*1-10-7-14(16-20-5-6-21-16)11(2)19(10)9-12-3-4-13(17)8-15(12)18;2*1-2-4-5-3-1;/h2*3-4,7,16H,5-6,9H2,1-2H3;2*1-5H;/q4*-1;+4. The first kappa shape index (κ1) is 41.7. The van der Waals surface area contributed by atoms with E-state index in [0.29, 0.717) is 50.6 Å². The number of halogens is 4. The molecular formula is C42H42F4N2O4Ti. The van der Waals surface area contributed by atoms with Crippen LogP contribution < -0.4 is 0 Å². The third kappa shape index (κ3) is 11.5. The fourth-order valence-corrected chi connectivity index (χ4v) is 5.87. The number of ether oxygens (including phenoxy) is 4. The van der Waals surface area contributed by atoms with Crippen molar-refractivity contribution in [1.29, 1.82) is 0 Å². The molecule has 0 radical (unpaired) electrons. The third-order valence-corrected chi connectivity index (χ3v) is 8.63. The largest absolute Gasteiger partial charge is 4.00 e. The van der Waals surface area contributed by atoms with Crippen molar-refractivity contribution in [2.24, 2.45) is 0 Å². The molecule has 0 aliphatic carbocycles. The van der Waals surface area contributed by atoms with E-state index in [9.17, 15) is 17.6 Å². The molecule has 2 aliphatic rings. The van der Waals surface area contributed by atoms with E-state index in [1.54, 1.807) is 0 Å². The molecule has 2 aromatic heterocycles. The molecule has 0 N–H and O–H groups in total. The van der Waals surface area contributed by atoms with Gasteiger partial charge in [0.2, 0.25) is 0 Å². The summed E-state index contributed by atoms with van der Waals surface area (Å²) in [5.41, 5.74) is 6.59. The number of hydrogen-bond acceptors (Lipinski definition) is 4. The van der Waals surface area contributed by atoms with E-state index in [1.165, 1.54) is 24.3 Å². The Morgan fingerprint density at radius 2 is 0.925 bits per heavy atom. The van der Waals surface area contributed by atoms with Gasteiger partial charge in [-0.25, -0.2) is 41.8 Å². The zero-order chi connectivity index (χ0) is 37.0. The van der Waals surface area contributed by atoms with Gasteiger partial charge in [-0.15, -0.1) is 35.4 Å². The van der Waals surface area contributed by atoms with Crippen molar-refractivity contribution in [1.82, 2.24) is 9.13 Å². The molecule has 6 nitrogen and oxygen atoms in total. The van der Waals surface area contributed by atoms with Crippen molar-refractivity contribution < 1.29 is 58.2 Å². The van der Waals surface area contributed by atoms with Crippen LogP contribution >= 0.6 is 0 Å². The minimum Gasteiger partial charge on any atom is -0.356 e. The van der Waals surface area contributed by atoms with Gasteiger partial charge in [-0.3, -0.25) is 0 Å². The maximum atomic E-state index is 13.7. The van der Waals surface area contributed by atoms with Crippen molar-refractivity contribution in [2.75, 3.05) is 26.4 Å². The SMILES string of the molecule is Cc1cc(C2OCCO2)c(C)n1Cc1ccc(F)[c-]c1F.Cc1cc(C2OCCO2)c(C)n1Cc1ccc(F)[c-]c1F.[Ti+4].c1cc[cH-]c1.c1cc[cH-]c1. The molecule has 6 aromatic rings. The Kier molecular flexibility index (Phi) is 16.1. The van der Waals surface area contributed by atoms with E-state index in [2.05, 4.69) is 12.1 Å². The number of benzene rings is 2. The maximum absolute atomic E-state index is 13.7. The van der Waals surface area contributed by atoms with Gasteiger partial charge in [0.05, 0.1) is 26.4 Å². The van der Waals surface area contributed by atoms with Crippen molar-refractivity contribution in [2.45, 2.75) is 53.4 Å². The summed E-state index contributed by atoms with van der Waals surface area (Å²) in [6.45, 7) is 10.7. The van der Waals surface area contributed by atoms with Crippen LogP contribution in [0, 0.1) is 63.1 Å². The topological polar surface area (TPSA) is 46.8 Å². The van der Waals surface area contributed by atoms with Crippen LogP contribution in [0.2, 0.25) is 0 Å². The van der Waals surface area contributed by atoms with Gasteiger partial charge in [-0.2, -0.15) is 48.5 Å². The fraction of sp³-hybridized carbons (Fsp3) is 0.286. The van der Waals surface area contributed by atoms with E-state index in [1.807, 2.05) is 110 Å². The van der Waals surface area contributed by atoms with Crippen LogP contribution in [0.3, 0.4) is 0 Å². The molecular weight excluding hydrogens is 720 g/mol. The van der Waals surface area contributed by atoms with Crippen LogP contribution in [0.1, 0.15) is 57.6 Å². The van der Waals surface area contributed by atoms with Gasteiger partial charge < -0.3 is 28.1 Å². The summed E-state index contributed by atoms with van der Waals surface area (Å²) in [5, 5.41) is 0. The average molecular weight is 763 g/mol. The van der Waals surface area contributed by atoms with E-state index >= 15 is 0 Å². The van der Waals surface area contributed by atoms with Crippen molar-refractivity contribution in [3.63, 3.8) is 0 Å². The Labute approximate surface area is 323 Å². The van der Waals surface area contributed by atoms with Crippen LogP contribution in [-0.4, -0.2) is 35.6 Å². The zero-order valence-electron chi connectivity index (χ0n) is 30.2. The van der Waals surface area contributed by atoms with Gasteiger partial charge in [-0.05, 0) is 39.8 Å². The Bertz CT molecular complexity index is 1780. The molecule has 11 heteroatoms. The minimum atomic E-state index is -0.689. The summed E-state index contributed by atoms with van der Waals surface area (Å²) >= 11 is 0. The predicted octanol–water partition coefficient (Wildman–Crippen LogP) is 9.36. The third-order valence-electron chi connectivity index (χ3n) is 8.63. The fourth-order valence-electron chi connectivity index (χ4n) is 5.87.